The summed E-state index contributed by atoms with van der Waals surface area (Å²) in [6, 6.07) is 5.12. The summed E-state index contributed by atoms with van der Waals surface area (Å²) in [6.07, 6.45) is 3.66. The summed E-state index contributed by atoms with van der Waals surface area (Å²) in [5.74, 6) is 1.41. The van der Waals surface area contributed by atoms with E-state index in [9.17, 15) is 4.79 Å². The molecule has 0 unspecified atom stereocenters. The summed E-state index contributed by atoms with van der Waals surface area (Å²) in [4.78, 5) is 12.3. The average molecular weight is 248 g/mol. The number of carbonyl (C=O) groups excluding carboxylic acids is 1. The van der Waals surface area contributed by atoms with Crippen LogP contribution in [0.3, 0.4) is 0 Å². The van der Waals surface area contributed by atoms with E-state index in [0.29, 0.717) is 29.4 Å². The third-order valence-electron chi connectivity index (χ3n) is 2.81. The fourth-order valence-corrected chi connectivity index (χ4v) is 1.83. The molecular weight excluding hydrogens is 232 g/mol. The molecule has 0 aromatic heterocycles. The second-order valence-corrected chi connectivity index (χ2v) is 3.95. The van der Waals surface area contributed by atoms with Crippen molar-refractivity contribution in [3.63, 3.8) is 0 Å². The smallest absolute Gasteiger partial charge is 0.230 e. The van der Waals surface area contributed by atoms with Crippen LogP contribution in [0.15, 0.2) is 30.0 Å². The normalized spacial score (nSPS) is 14.4. The summed E-state index contributed by atoms with van der Waals surface area (Å²) in [5.41, 5.74) is 0.492. The van der Waals surface area contributed by atoms with Gasteiger partial charge >= 0.3 is 0 Å². The molecule has 0 N–H and O–H groups in total. The molecule has 4 nitrogen and oxygen atoms in total. The van der Waals surface area contributed by atoms with Gasteiger partial charge < -0.3 is 14.2 Å². The molecule has 0 radical (unpaired) electrons. The maximum absolute atomic E-state index is 12.3. The molecule has 1 aliphatic rings. The molecule has 0 amide bonds. The van der Waals surface area contributed by atoms with Crippen LogP contribution in [0.2, 0.25) is 0 Å². The van der Waals surface area contributed by atoms with Crippen LogP contribution in [-0.4, -0.2) is 26.6 Å². The number of ketones is 1. The molecule has 0 aliphatic carbocycles. The Morgan fingerprint density at radius 3 is 2.72 bits per heavy atom. The first-order chi connectivity index (χ1) is 8.76. The summed E-state index contributed by atoms with van der Waals surface area (Å²) < 4.78 is 15.7. The van der Waals surface area contributed by atoms with Gasteiger partial charge in [-0.05, 0) is 31.1 Å². The van der Waals surface area contributed by atoms with Gasteiger partial charge in [0.25, 0.3) is 0 Å². The van der Waals surface area contributed by atoms with E-state index in [1.807, 2.05) is 6.08 Å². The Morgan fingerprint density at radius 2 is 2.11 bits per heavy atom. The summed E-state index contributed by atoms with van der Waals surface area (Å²) in [7, 11) is 3.10. The zero-order valence-electron chi connectivity index (χ0n) is 10.6. The summed E-state index contributed by atoms with van der Waals surface area (Å²) >= 11 is 0. The number of methoxy groups -OCH3 is 2. The molecule has 1 aliphatic heterocycles. The van der Waals surface area contributed by atoms with Gasteiger partial charge in [0.15, 0.2) is 5.76 Å². The predicted octanol–water partition coefficient (Wildman–Crippen LogP) is 2.58. The molecule has 1 aromatic carbocycles. The van der Waals surface area contributed by atoms with E-state index >= 15 is 0 Å². The fourth-order valence-electron chi connectivity index (χ4n) is 1.83. The Bertz CT molecular complexity index is 477. The van der Waals surface area contributed by atoms with Gasteiger partial charge in [-0.15, -0.1) is 0 Å². The first kappa shape index (κ1) is 12.5. The molecule has 0 saturated carbocycles. The lowest BCUT2D eigenvalue weighted by Gasteiger charge is -2.15. The second kappa shape index (κ2) is 5.58. The van der Waals surface area contributed by atoms with Gasteiger partial charge in [0.1, 0.15) is 11.5 Å². The Labute approximate surface area is 106 Å². The number of allylic oxidation sites excluding steroid dienone is 2. The highest BCUT2D eigenvalue weighted by atomic mass is 16.5. The first-order valence-electron chi connectivity index (χ1n) is 5.86. The van der Waals surface area contributed by atoms with Gasteiger partial charge in [-0.1, -0.05) is 0 Å². The van der Waals surface area contributed by atoms with Crippen molar-refractivity contribution in [1.29, 1.82) is 0 Å². The van der Waals surface area contributed by atoms with Crippen LogP contribution in [0.4, 0.5) is 0 Å². The highest BCUT2D eigenvalue weighted by Crippen LogP contribution is 2.27. The van der Waals surface area contributed by atoms with Crippen LogP contribution in [0, 0.1) is 0 Å². The molecule has 4 heteroatoms. The molecular formula is C14H16O4. The Balaban J connectivity index is 2.32. The third kappa shape index (κ3) is 2.47. The van der Waals surface area contributed by atoms with Crippen LogP contribution in [0.1, 0.15) is 23.2 Å². The van der Waals surface area contributed by atoms with Gasteiger partial charge in [0.05, 0.1) is 26.4 Å². The first-order valence-corrected chi connectivity index (χ1v) is 5.86. The summed E-state index contributed by atoms with van der Waals surface area (Å²) in [5, 5.41) is 0. The Morgan fingerprint density at radius 1 is 1.28 bits per heavy atom. The molecule has 0 fully saturated rings. The summed E-state index contributed by atoms with van der Waals surface area (Å²) in [6.45, 7) is 0.593. The molecule has 96 valence electrons. The van der Waals surface area contributed by atoms with Gasteiger partial charge in [-0.2, -0.15) is 0 Å². The molecule has 18 heavy (non-hydrogen) atoms. The topological polar surface area (TPSA) is 44.8 Å². The minimum absolute atomic E-state index is 0.144. The second-order valence-electron chi connectivity index (χ2n) is 3.95. The van der Waals surface area contributed by atoms with Crippen molar-refractivity contribution in [3.05, 3.63) is 35.6 Å². The van der Waals surface area contributed by atoms with Gasteiger partial charge in [-0.3, -0.25) is 4.79 Å². The average Bonchev–Trinajstić information content (AvgIpc) is 2.46. The van der Waals surface area contributed by atoms with Crippen molar-refractivity contribution < 1.29 is 19.0 Å². The van der Waals surface area contributed by atoms with Crippen molar-refractivity contribution in [2.24, 2.45) is 0 Å². The van der Waals surface area contributed by atoms with Gasteiger partial charge in [0, 0.05) is 6.07 Å². The standard InChI is InChI=1S/C14H16O4/c1-16-10-6-7-11(13(9-10)17-2)14(15)12-5-3-4-8-18-12/h5-7,9H,3-4,8H2,1-2H3. The van der Waals surface area contributed by atoms with E-state index in [0.717, 1.165) is 12.8 Å². The number of benzene rings is 1. The van der Waals surface area contributed by atoms with E-state index in [-0.39, 0.29) is 5.78 Å². The number of Topliss-reactive ketones (excluding diaryl/α,β-unsaturated/α-hetero) is 1. The third-order valence-corrected chi connectivity index (χ3v) is 2.81. The van der Waals surface area contributed by atoms with E-state index in [4.69, 9.17) is 14.2 Å². The lowest BCUT2D eigenvalue weighted by atomic mass is 10.1. The van der Waals surface area contributed by atoms with Crippen molar-refractivity contribution in [2.75, 3.05) is 20.8 Å². The van der Waals surface area contributed by atoms with E-state index in [1.165, 1.54) is 7.11 Å². The number of ether oxygens (including phenoxy) is 3. The van der Waals surface area contributed by atoms with E-state index in [2.05, 4.69) is 0 Å². The Kier molecular flexibility index (Phi) is 3.87. The zero-order chi connectivity index (χ0) is 13.0. The van der Waals surface area contributed by atoms with Crippen molar-refractivity contribution >= 4 is 5.78 Å². The van der Waals surface area contributed by atoms with Gasteiger partial charge in [0.2, 0.25) is 5.78 Å². The lowest BCUT2D eigenvalue weighted by molar-refractivity contribution is 0.0896. The van der Waals surface area contributed by atoms with Crippen LogP contribution in [0.5, 0.6) is 11.5 Å². The zero-order valence-corrected chi connectivity index (χ0v) is 10.6. The lowest BCUT2D eigenvalue weighted by Crippen LogP contribution is -2.12. The van der Waals surface area contributed by atoms with Crippen LogP contribution in [-0.2, 0) is 4.74 Å². The van der Waals surface area contributed by atoms with Crippen LogP contribution in [0.25, 0.3) is 0 Å². The molecule has 0 bridgehead atoms. The molecule has 0 saturated heterocycles. The number of carbonyl (C=O) groups is 1. The number of hydrogen-bond donors (Lipinski definition) is 0. The monoisotopic (exact) mass is 248 g/mol. The van der Waals surface area contributed by atoms with Crippen molar-refractivity contribution in [1.82, 2.24) is 0 Å². The molecule has 0 spiro atoms. The van der Waals surface area contributed by atoms with Crippen LogP contribution < -0.4 is 9.47 Å². The van der Waals surface area contributed by atoms with E-state index in [1.54, 1.807) is 25.3 Å². The van der Waals surface area contributed by atoms with Crippen LogP contribution >= 0.6 is 0 Å². The molecule has 1 aromatic rings. The minimum atomic E-state index is -0.144. The highest BCUT2D eigenvalue weighted by molar-refractivity contribution is 6.09. The molecule has 2 rings (SSSR count). The maximum atomic E-state index is 12.3. The van der Waals surface area contributed by atoms with Gasteiger partial charge in [-0.25, -0.2) is 0 Å². The van der Waals surface area contributed by atoms with Crippen molar-refractivity contribution in [3.8, 4) is 11.5 Å². The minimum Gasteiger partial charge on any atom is -0.497 e. The quantitative estimate of drug-likeness (QED) is 0.768. The molecule has 1 heterocycles. The number of hydrogen-bond acceptors (Lipinski definition) is 4. The Hall–Kier alpha value is -1.97. The van der Waals surface area contributed by atoms with Crippen molar-refractivity contribution in [2.45, 2.75) is 12.8 Å². The predicted molar refractivity (Wildman–Crippen MR) is 67.1 cm³/mol. The fraction of sp³-hybridized carbons (Fsp3) is 0.357. The maximum Gasteiger partial charge on any atom is 0.230 e. The highest BCUT2D eigenvalue weighted by Gasteiger charge is 2.20. The number of rotatable bonds is 4. The SMILES string of the molecule is COc1ccc(C(=O)C2=CCCCO2)c(OC)c1. The largest absolute Gasteiger partial charge is 0.497 e. The van der Waals surface area contributed by atoms with E-state index < -0.39 is 0 Å². The molecule has 0 atom stereocenters.